The van der Waals surface area contributed by atoms with Gasteiger partial charge in [0.1, 0.15) is 11.5 Å². The van der Waals surface area contributed by atoms with Gasteiger partial charge in [-0.3, -0.25) is 14.9 Å². The molecule has 7 heteroatoms. The van der Waals surface area contributed by atoms with Gasteiger partial charge < -0.3 is 14.4 Å². The first-order valence-electron chi connectivity index (χ1n) is 10.5. The molecule has 0 saturated carbocycles. The Morgan fingerprint density at radius 3 is 2.58 bits per heavy atom. The van der Waals surface area contributed by atoms with E-state index in [1.165, 1.54) is 0 Å². The lowest BCUT2D eigenvalue weighted by molar-refractivity contribution is -0.146. The number of aromatic nitrogens is 3. The average Bonchev–Trinajstić information content (AvgIpc) is 3.43. The minimum atomic E-state index is -1.01. The molecule has 1 fully saturated rings. The van der Waals surface area contributed by atoms with Crippen molar-refractivity contribution in [3.05, 3.63) is 60.2 Å². The third-order valence-electron chi connectivity index (χ3n) is 5.77. The van der Waals surface area contributed by atoms with Gasteiger partial charge in [0.25, 0.3) is 5.91 Å². The van der Waals surface area contributed by atoms with Gasteiger partial charge in [0.05, 0.1) is 25.0 Å². The van der Waals surface area contributed by atoms with E-state index in [0.717, 1.165) is 41.0 Å². The summed E-state index contributed by atoms with van der Waals surface area (Å²) >= 11 is 0. The van der Waals surface area contributed by atoms with Gasteiger partial charge in [0, 0.05) is 24.5 Å². The summed E-state index contributed by atoms with van der Waals surface area (Å²) in [7, 11) is 1.62. The fourth-order valence-corrected chi connectivity index (χ4v) is 4.18. The molecule has 0 bridgehead atoms. The van der Waals surface area contributed by atoms with Crippen molar-refractivity contribution in [1.82, 2.24) is 20.1 Å². The minimum Gasteiger partial charge on any atom is -0.497 e. The largest absolute Gasteiger partial charge is 0.497 e. The summed E-state index contributed by atoms with van der Waals surface area (Å²) in [5.41, 5.74) is 3.11. The van der Waals surface area contributed by atoms with Crippen molar-refractivity contribution in [2.75, 3.05) is 13.7 Å². The number of likely N-dealkylation sites (tertiary alicyclic amines) is 1. The molecule has 1 amide bonds. The molecular weight excluding hydrogens is 392 g/mol. The lowest BCUT2D eigenvalue weighted by atomic mass is 9.98. The molecule has 0 radical (unpaired) electrons. The maximum Gasteiger partial charge on any atom is 0.266 e. The van der Waals surface area contributed by atoms with E-state index in [4.69, 9.17) is 9.47 Å². The number of carbonyl (C=O) groups excluding carboxylic acids is 1. The van der Waals surface area contributed by atoms with Crippen LogP contribution in [-0.4, -0.2) is 45.2 Å². The smallest absolute Gasteiger partial charge is 0.266 e. The second-order valence-corrected chi connectivity index (χ2v) is 8.33. The number of carbonyl (C=O) groups is 1. The van der Waals surface area contributed by atoms with Crippen LogP contribution in [0.5, 0.6) is 11.5 Å². The first-order chi connectivity index (χ1) is 14.9. The third-order valence-corrected chi connectivity index (χ3v) is 5.77. The van der Waals surface area contributed by atoms with Gasteiger partial charge in [0.2, 0.25) is 0 Å². The Balaban J connectivity index is 1.58. The number of amides is 1. The molecule has 1 N–H and O–H groups in total. The summed E-state index contributed by atoms with van der Waals surface area (Å²) in [5, 5.41) is 7.45. The number of aryl methyl sites for hydroxylation is 1. The summed E-state index contributed by atoms with van der Waals surface area (Å²) in [4.78, 5) is 19.6. The van der Waals surface area contributed by atoms with Crippen molar-refractivity contribution in [2.24, 2.45) is 0 Å². The van der Waals surface area contributed by atoms with Crippen LogP contribution < -0.4 is 9.47 Å². The van der Waals surface area contributed by atoms with Crippen molar-refractivity contribution in [2.45, 2.75) is 45.3 Å². The Morgan fingerprint density at radius 2 is 1.87 bits per heavy atom. The van der Waals surface area contributed by atoms with Crippen LogP contribution in [0.3, 0.4) is 0 Å². The molecule has 31 heavy (non-hydrogen) atoms. The van der Waals surface area contributed by atoms with E-state index in [0.29, 0.717) is 12.3 Å². The highest BCUT2D eigenvalue weighted by Gasteiger charge is 2.41. The number of aromatic amines is 1. The van der Waals surface area contributed by atoms with Crippen LogP contribution in [0.25, 0.3) is 11.1 Å². The number of methoxy groups -OCH3 is 1. The Morgan fingerprint density at radius 1 is 1.13 bits per heavy atom. The molecule has 0 spiro atoms. The zero-order valence-electron chi connectivity index (χ0n) is 18.4. The van der Waals surface area contributed by atoms with Crippen molar-refractivity contribution >= 4 is 5.91 Å². The first-order valence-corrected chi connectivity index (χ1v) is 10.5. The molecule has 162 valence electrons. The van der Waals surface area contributed by atoms with Crippen LogP contribution in [0.2, 0.25) is 0 Å². The summed E-state index contributed by atoms with van der Waals surface area (Å²) in [6, 6.07) is 9.19. The second kappa shape index (κ2) is 8.41. The van der Waals surface area contributed by atoms with Gasteiger partial charge in [-0.05, 0) is 75.1 Å². The predicted octanol–water partition coefficient (Wildman–Crippen LogP) is 4.31. The highest BCUT2D eigenvalue weighted by Crippen LogP contribution is 2.38. The van der Waals surface area contributed by atoms with E-state index in [-0.39, 0.29) is 11.9 Å². The number of ether oxygens (including phenoxy) is 2. The van der Waals surface area contributed by atoms with Crippen LogP contribution in [0, 0.1) is 6.92 Å². The molecule has 1 unspecified atom stereocenters. The van der Waals surface area contributed by atoms with Gasteiger partial charge in [-0.15, -0.1) is 0 Å². The van der Waals surface area contributed by atoms with E-state index in [1.54, 1.807) is 13.3 Å². The number of benzene rings is 1. The topological polar surface area (TPSA) is 80.3 Å². The molecule has 1 saturated heterocycles. The molecule has 3 aromatic rings. The summed E-state index contributed by atoms with van der Waals surface area (Å²) < 4.78 is 11.3. The number of nitrogens with one attached hydrogen (secondary N) is 1. The number of nitrogens with zero attached hydrogens (tertiary/aromatic N) is 3. The van der Waals surface area contributed by atoms with E-state index in [9.17, 15) is 4.79 Å². The van der Waals surface area contributed by atoms with Crippen molar-refractivity contribution in [3.8, 4) is 22.6 Å². The molecule has 1 atom stereocenters. The molecule has 0 aliphatic carbocycles. The highest BCUT2D eigenvalue weighted by atomic mass is 16.5. The van der Waals surface area contributed by atoms with Crippen LogP contribution in [-0.2, 0) is 4.79 Å². The lowest BCUT2D eigenvalue weighted by Crippen LogP contribution is -2.48. The molecule has 1 aliphatic heterocycles. The SMILES string of the molecule is COc1ccc(OC(C)(C)C(=O)N2CCCC2c2[nH]ncc2-c2ccncc2C)cc1. The van der Waals surface area contributed by atoms with Crippen LogP contribution in [0.1, 0.15) is 44.0 Å². The van der Waals surface area contributed by atoms with Crippen molar-refractivity contribution < 1.29 is 14.3 Å². The Kier molecular flexibility index (Phi) is 5.67. The monoisotopic (exact) mass is 420 g/mol. The quantitative estimate of drug-likeness (QED) is 0.643. The Hall–Kier alpha value is -3.35. The van der Waals surface area contributed by atoms with Gasteiger partial charge in [-0.1, -0.05) is 0 Å². The molecule has 1 aromatic carbocycles. The van der Waals surface area contributed by atoms with Crippen molar-refractivity contribution in [3.63, 3.8) is 0 Å². The van der Waals surface area contributed by atoms with Crippen LogP contribution in [0.4, 0.5) is 0 Å². The maximum atomic E-state index is 13.5. The average molecular weight is 421 g/mol. The van der Waals surface area contributed by atoms with Gasteiger partial charge in [-0.2, -0.15) is 5.10 Å². The number of pyridine rings is 1. The summed E-state index contributed by atoms with van der Waals surface area (Å²) in [6.45, 7) is 6.35. The summed E-state index contributed by atoms with van der Waals surface area (Å²) in [6.07, 6.45) is 7.27. The zero-order valence-corrected chi connectivity index (χ0v) is 18.4. The number of hydrogen-bond acceptors (Lipinski definition) is 5. The summed E-state index contributed by atoms with van der Waals surface area (Å²) in [5.74, 6) is 1.33. The second-order valence-electron chi connectivity index (χ2n) is 8.33. The molecule has 4 rings (SSSR count). The van der Waals surface area contributed by atoms with Gasteiger partial charge in [-0.25, -0.2) is 0 Å². The Labute approximate surface area is 182 Å². The van der Waals surface area contributed by atoms with E-state index in [2.05, 4.69) is 15.2 Å². The van der Waals surface area contributed by atoms with E-state index in [1.807, 2.05) is 68.4 Å². The minimum absolute atomic E-state index is 0.0437. The molecule has 3 heterocycles. The molecule has 7 nitrogen and oxygen atoms in total. The molecule has 2 aromatic heterocycles. The maximum absolute atomic E-state index is 13.5. The van der Waals surface area contributed by atoms with Gasteiger partial charge >= 0.3 is 0 Å². The number of rotatable bonds is 6. The normalized spacial score (nSPS) is 16.4. The van der Waals surface area contributed by atoms with E-state index < -0.39 is 5.60 Å². The first kappa shape index (κ1) is 20.9. The molecule has 1 aliphatic rings. The standard InChI is InChI=1S/C24H28N4O3/c1-16-14-25-12-11-19(16)20-15-26-27-22(20)21-6-5-13-28(21)23(29)24(2,3)31-18-9-7-17(30-4)8-10-18/h7-12,14-15,21H,5-6,13H2,1-4H3,(H,26,27). The molecular formula is C24H28N4O3. The number of hydrogen-bond donors (Lipinski definition) is 1. The lowest BCUT2D eigenvalue weighted by Gasteiger charge is -2.33. The zero-order chi connectivity index (χ0) is 22.0. The third kappa shape index (κ3) is 4.13. The number of H-pyrrole nitrogens is 1. The van der Waals surface area contributed by atoms with Gasteiger partial charge in [0.15, 0.2) is 5.60 Å². The Bertz CT molecular complexity index is 1060. The van der Waals surface area contributed by atoms with E-state index >= 15 is 0 Å². The van der Waals surface area contributed by atoms with Crippen LogP contribution >= 0.6 is 0 Å². The predicted molar refractivity (Wildman–Crippen MR) is 118 cm³/mol. The fourth-order valence-electron chi connectivity index (χ4n) is 4.18. The van der Waals surface area contributed by atoms with Crippen LogP contribution in [0.15, 0.2) is 48.9 Å². The fraction of sp³-hybridized carbons (Fsp3) is 0.375. The highest BCUT2D eigenvalue weighted by molar-refractivity contribution is 5.86. The van der Waals surface area contributed by atoms with Crippen molar-refractivity contribution in [1.29, 1.82) is 0 Å².